The molecule has 0 spiro atoms. The van der Waals surface area contributed by atoms with Crippen LogP contribution < -0.4 is 0 Å². The van der Waals surface area contributed by atoms with Gasteiger partial charge in [-0.2, -0.15) is 0 Å². The van der Waals surface area contributed by atoms with Gasteiger partial charge >= 0.3 is 5.97 Å². The van der Waals surface area contributed by atoms with Gasteiger partial charge in [0.2, 0.25) is 0 Å². The van der Waals surface area contributed by atoms with E-state index in [1.54, 1.807) is 0 Å². The summed E-state index contributed by atoms with van der Waals surface area (Å²) in [6, 6.07) is 0. The molecule has 0 aliphatic rings. The van der Waals surface area contributed by atoms with Crippen molar-refractivity contribution in [3.8, 4) is 24.2 Å². The fourth-order valence-corrected chi connectivity index (χ4v) is 1.53. The Kier molecular flexibility index (Phi) is 11.0. The smallest absolute Gasteiger partial charge is 0.305 e. The minimum atomic E-state index is -0.156. The molecule has 2 heteroatoms. The zero-order chi connectivity index (χ0) is 15.2. The van der Waals surface area contributed by atoms with Crippen LogP contribution in [0.15, 0.2) is 24.3 Å². The number of terminal acetylenes is 1. The van der Waals surface area contributed by atoms with Gasteiger partial charge in [-0.15, -0.1) is 12.3 Å². The molecule has 2 nitrogen and oxygen atoms in total. The van der Waals surface area contributed by atoms with Gasteiger partial charge in [-0.3, -0.25) is 4.79 Å². The van der Waals surface area contributed by atoms with Crippen LogP contribution in [0.3, 0.4) is 0 Å². The molecule has 108 valence electrons. The van der Waals surface area contributed by atoms with E-state index in [0.29, 0.717) is 12.3 Å². The van der Waals surface area contributed by atoms with Gasteiger partial charge in [-0.1, -0.05) is 43.9 Å². The molecule has 0 aromatic carbocycles. The first kappa shape index (κ1) is 18.1. The highest BCUT2D eigenvalue weighted by Gasteiger charge is 2.02. The zero-order valence-electron chi connectivity index (χ0n) is 12.7. The van der Waals surface area contributed by atoms with Gasteiger partial charge in [0.1, 0.15) is 0 Å². The quantitative estimate of drug-likeness (QED) is 0.401. The molecule has 0 aromatic heterocycles. The molecule has 0 saturated heterocycles. The van der Waals surface area contributed by atoms with Crippen LogP contribution in [0.2, 0.25) is 0 Å². The van der Waals surface area contributed by atoms with Crippen molar-refractivity contribution in [1.29, 1.82) is 0 Å². The van der Waals surface area contributed by atoms with Gasteiger partial charge in [0.25, 0.3) is 0 Å². The second-order valence-electron chi connectivity index (χ2n) is 4.79. The number of carbonyl (C=O) groups excluding carboxylic acids is 1. The average molecular weight is 272 g/mol. The van der Waals surface area contributed by atoms with Crippen LogP contribution in [0.5, 0.6) is 0 Å². The first-order valence-corrected chi connectivity index (χ1v) is 6.94. The highest BCUT2D eigenvalue weighted by Crippen LogP contribution is 2.07. The monoisotopic (exact) mass is 272 g/mol. The van der Waals surface area contributed by atoms with Gasteiger partial charge in [0.05, 0.1) is 7.11 Å². The van der Waals surface area contributed by atoms with Crippen molar-refractivity contribution in [3.63, 3.8) is 0 Å². The Morgan fingerprint density at radius 2 is 2.10 bits per heavy atom. The van der Waals surface area contributed by atoms with Crippen molar-refractivity contribution in [2.24, 2.45) is 11.8 Å². The first-order valence-electron chi connectivity index (χ1n) is 6.94. The number of esters is 1. The molecule has 2 atom stereocenters. The summed E-state index contributed by atoms with van der Waals surface area (Å²) in [5.74, 6) is 9.29. The molecule has 0 saturated carbocycles. The summed E-state index contributed by atoms with van der Waals surface area (Å²) in [5, 5.41) is 0. The summed E-state index contributed by atoms with van der Waals surface area (Å²) in [7, 11) is 1.41. The molecular weight excluding hydrogens is 248 g/mol. The summed E-state index contributed by atoms with van der Waals surface area (Å²) in [5.41, 5.74) is 0. The van der Waals surface area contributed by atoms with E-state index in [4.69, 9.17) is 6.42 Å². The molecule has 0 aromatic rings. The highest BCUT2D eigenvalue weighted by atomic mass is 16.5. The largest absolute Gasteiger partial charge is 0.469 e. The van der Waals surface area contributed by atoms with E-state index in [0.717, 1.165) is 19.3 Å². The number of hydrogen-bond acceptors (Lipinski definition) is 2. The molecule has 20 heavy (non-hydrogen) atoms. The van der Waals surface area contributed by atoms with Crippen LogP contribution in [0.1, 0.15) is 39.5 Å². The molecule has 0 radical (unpaired) electrons. The minimum Gasteiger partial charge on any atom is -0.469 e. The topological polar surface area (TPSA) is 26.3 Å². The fourth-order valence-electron chi connectivity index (χ4n) is 1.53. The van der Waals surface area contributed by atoms with Gasteiger partial charge in [-0.05, 0) is 24.8 Å². The van der Waals surface area contributed by atoms with Crippen LogP contribution in [-0.4, -0.2) is 13.1 Å². The van der Waals surface area contributed by atoms with Gasteiger partial charge in [-0.25, -0.2) is 0 Å². The van der Waals surface area contributed by atoms with Crippen molar-refractivity contribution >= 4 is 5.97 Å². The van der Waals surface area contributed by atoms with E-state index >= 15 is 0 Å². The van der Waals surface area contributed by atoms with E-state index < -0.39 is 0 Å². The predicted octanol–water partition coefficient (Wildman–Crippen LogP) is 3.74. The molecule has 0 bridgehead atoms. The Morgan fingerprint density at radius 1 is 1.35 bits per heavy atom. The highest BCUT2D eigenvalue weighted by molar-refractivity contribution is 5.68. The lowest BCUT2D eigenvalue weighted by atomic mass is 10.0. The number of rotatable bonds is 7. The van der Waals surface area contributed by atoms with Gasteiger partial charge < -0.3 is 4.74 Å². The second-order valence-corrected chi connectivity index (χ2v) is 4.79. The normalized spacial score (nSPS) is 13.5. The third-order valence-corrected chi connectivity index (χ3v) is 2.75. The van der Waals surface area contributed by atoms with E-state index in [1.807, 2.05) is 18.2 Å². The standard InChI is InChI=1S/C18H24O2/c1-5-11-16(2)12-8-6-7-9-13-17(3)14-10-15-18(19)20-4/h1,6-8,12,16-17H,10-11,14-15H2,2-4H3. The zero-order valence-corrected chi connectivity index (χ0v) is 12.7. The number of carbonyl (C=O) groups is 1. The van der Waals surface area contributed by atoms with E-state index in [9.17, 15) is 4.79 Å². The van der Waals surface area contributed by atoms with Crippen molar-refractivity contribution < 1.29 is 9.53 Å². The van der Waals surface area contributed by atoms with Crippen LogP contribution in [-0.2, 0) is 9.53 Å². The average Bonchev–Trinajstić information content (AvgIpc) is 2.42. The Balaban J connectivity index is 3.90. The SMILES string of the molecule is C#CCC(C)C=CC=CC#CC(C)CCCC(=O)OC. The summed E-state index contributed by atoms with van der Waals surface area (Å²) in [6.07, 6.45) is 16.0. The maximum atomic E-state index is 10.9. The predicted molar refractivity (Wildman–Crippen MR) is 83.7 cm³/mol. The molecule has 0 amide bonds. The summed E-state index contributed by atoms with van der Waals surface area (Å²) in [6.45, 7) is 4.14. The molecule has 0 heterocycles. The lowest BCUT2D eigenvalue weighted by molar-refractivity contribution is -0.140. The van der Waals surface area contributed by atoms with E-state index in [2.05, 4.69) is 42.4 Å². The third-order valence-electron chi connectivity index (χ3n) is 2.75. The number of methoxy groups -OCH3 is 1. The Bertz CT molecular complexity index is 427. The molecule has 0 aliphatic heterocycles. The summed E-state index contributed by atoms with van der Waals surface area (Å²) < 4.78 is 4.59. The Labute approximate surface area is 123 Å². The van der Waals surface area contributed by atoms with Crippen LogP contribution in [0.25, 0.3) is 0 Å². The van der Waals surface area contributed by atoms with Crippen LogP contribution >= 0.6 is 0 Å². The maximum absolute atomic E-state index is 10.9. The van der Waals surface area contributed by atoms with Crippen molar-refractivity contribution in [1.82, 2.24) is 0 Å². The lowest BCUT2D eigenvalue weighted by Crippen LogP contribution is -2.01. The van der Waals surface area contributed by atoms with E-state index in [-0.39, 0.29) is 11.9 Å². The fraction of sp³-hybridized carbons (Fsp3) is 0.500. The number of allylic oxidation sites excluding steroid dienone is 4. The number of hydrogen-bond donors (Lipinski definition) is 0. The van der Waals surface area contributed by atoms with Gasteiger partial charge in [0.15, 0.2) is 0 Å². The maximum Gasteiger partial charge on any atom is 0.305 e. The van der Waals surface area contributed by atoms with Crippen LogP contribution in [0.4, 0.5) is 0 Å². The molecule has 0 aliphatic carbocycles. The summed E-state index contributed by atoms with van der Waals surface area (Å²) >= 11 is 0. The first-order chi connectivity index (χ1) is 9.60. The van der Waals surface area contributed by atoms with E-state index in [1.165, 1.54) is 7.11 Å². The van der Waals surface area contributed by atoms with Crippen molar-refractivity contribution in [2.75, 3.05) is 7.11 Å². The Hall–Kier alpha value is -1.93. The summed E-state index contributed by atoms with van der Waals surface area (Å²) in [4.78, 5) is 10.9. The van der Waals surface area contributed by atoms with Crippen molar-refractivity contribution in [2.45, 2.75) is 39.5 Å². The molecule has 0 rings (SSSR count). The number of ether oxygens (including phenoxy) is 1. The molecular formula is C18H24O2. The van der Waals surface area contributed by atoms with Crippen molar-refractivity contribution in [3.05, 3.63) is 24.3 Å². The second kappa shape index (κ2) is 12.1. The molecule has 0 N–H and O–H groups in total. The van der Waals surface area contributed by atoms with Gasteiger partial charge in [0, 0.05) is 18.8 Å². The van der Waals surface area contributed by atoms with Crippen LogP contribution in [0, 0.1) is 36.0 Å². The Morgan fingerprint density at radius 3 is 2.75 bits per heavy atom. The molecule has 0 fully saturated rings. The minimum absolute atomic E-state index is 0.156. The third kappa shape index (κ3) is 11.2. The lowest BCUT2D eigenvalue weighted by Gasteiger charge is -2.02. The molecule has 2 unspecified atom stereocenters.